The Labute approximate surface area is 164 Å². The molecule has 0 atom stereocenters. The number of rotatable bonds is 4. The molecule has 0 unspecified atom stereocenters. The summed E-state index contributed by atoms with van der Waals surface area (Å²) >= 11 is 0. The average molecular weight is 375 g/mol. The Balaban J connectivity index is 1.68. The Kier molecular flexibility index (Phi) is 5.01. The second-order valence-corrected chi connectivity index (χ2v) is 7.59. The zero-order valence-electron chi connectivity index (χ0n) is 16.4. The van der Waals surface area contributed by atoms with Crippen LogP contribution in [-0.4, -0.2) is 20.6 Å². The molecular formula is C23H25N3O2. The molecule has 0 fully saturated rings. The lowest BCUT2D eigenvalue weighted by molar-refractivity contribution is 0.237. The zero-order valence-corrected chi connectivity index (χ0v) is 16.4. The summed E-state index contributed by atoms with van der Waals surface area (Å²) in [7, 11) is 1.78. The minimum Gasteiger partial charge on any atom is -0.300 e. The van der Waals surface area contributed by atoms with Crippen LogP contribution in [0.1, 0.15) is 27.9 Å². The minimum atomic E-state index is -0.234. The molecule has 28 heavy (non-hydrogen) atoms. The number of nitrogens with zero attached hydrogens (tertiary/aromatic N) is 3. The first kappa shape index (κ1) is 18.4. The van der Waals surface area contributed by atoms with Crippen LogP contribution in [0.2, 0.25) is 0 Å². The highest BCUT2D eigenvalue weighted by Crippen LogP contribution is 2.17. The van der Waals surface area contributed by atoms with Gasteiger partial charge in [-0.05, 0) is 18.1 Å². The Morgan fingerprint density at radius 3 is 2.43 bits per heavy atom. The van der Waals surface area contributed by atoms with Gasteiger partial charge in [0.1, 0.15) is 0 Å². The Morgan fingerprint density at radius 1 is 0.929 bits per heavy atom. The molecule has 0 aliphatic carbocycles. The SMILES string of the molecule is Cc1cccc(Cn2c(=O)c3c(n(C)c2=O)CCN(Cc2ccccc2)C3)c1. The number of hydrogen-bond donors (Lipinski definition) is 0. The third kappa shape index (κ3) is 3.58. The molecule has 0 radical (unpaired) electrons. The normalized spacial score (nSPS) is 14.1. The second kappa shape index (κ2) is 7.60. The molecule has 0 N–H and O–H groups in total. The van der Waals surface area contributed by atoms with Gasteiger partial charge >= 0.3 is 5.69 Å². The van der Waals surface area contributed by atoms with Crippen molar-refractivity contribution >= 4 is 0 Å². The molecule has 0 amide bonds. The van der Waals surface area contributed by atoms with Gasteiger partial charge in [-0.1, -0.05) is 60.2 Å². The van der Waals surface area contributed by atoms with Crippen LogP contribution < -0.4 is 11.2 Å². The fourth-order valence-electron chi connectivity index (χ4n) is 4.03. The molecule has 0 saturated carbocycles. The van der Waals surface area contributed by atoms with E-state index in [1.807, 2.05) is 49.4 Å². The summed E-state index contributed by atoms with van der Waals surface area (Å²) in [6, 6.07) is 18.2. The summed E-state index contributed by atoms with van der Waals surface area (Å²) in [5.74, 6) is 0. The molecular weight excluding hydrogens is 350 g/mol. The monoisotopic (exact) mass is 375 g/mol. The first-order valence-electron chi connectivity index (χ1n) is 9.66. The smallest absolute Gasteiger partial charge is 0.300 e. The molecule has 1 aliphatic heterocycles. The molecule has 144 valence electrons. The molecule has 0 spiro atoms. The zero-order chi connectivity index (χ0) is 19.7. The van der Waals surface area contributed by atoms with Crippen molar-refractivity contribution in [2.75, 3.05) is 6.54 Å². The number of benzene rings is 2. The minimum absolute atomic E-state index is 0.155. The van der Waals surface area contributed by atoms with Crippen LogP contribution in [0.25, 0.3) is 0 Å². The van der Waals surface area contributed by atoms with Crippen LogP contribution in [0.5, 0.6) is 0 Å². The number of aryl methyl sites for hydroxylation is 1. The van der Waals surface area contributed by atoms with E-state index >= 15 is 0 Å². The van der Waals surface area contributed by atoms with Gasteiger partial charge in [-0.25, -0.2) is 4.79 Å². The molecule has 5 nitrogen and oxygen atoms in total. The van der Waals surface area contributed by atoms with Gasteiger partial charge in [-0.15, -0.1) is 0 Å². The lowest BCUT2D eigenvalue weighted by Crippen LogP contribution is -2.47. The highest BCUT2D eigenvalue weighted by atomic mass is 16.2. The van der Waals surface area contributed by atoms with Crippen LogP contribution >= 0.6 is 0 Å². The van der Waals surface area contributed by atoms with E-state index in [0.29, 0.717) is 19.5 Å². The van der Waals surface area contributed by atoms with Crippen molar-refractivity contribution in [2.45, 2.75) is 33.0 Å². The fourth-order valence-corrected chi connectivity index (χ4v) is 4.03. The van der Waals surface area contributed by atoms with E-state index in [1.165, 1.54) is 10.1 Å². The molecule has 2 aromatic carbocycles. The van der Waals surface area contributed by atoms with Gasteiger partial charge < -0.3 is 4.57 Å². The van der Waals surface area contributed by atoms with Crippen molar-refractivity contribution in [2.24, 2.45) is 7.05 Å². The summed E-state index contributed by atoms with van der Waals surface area (Å²) in [4.78, 5) is 28.3. The van der Waals surface area contributed by atoms with Crippen molar-refractivity contribution in [3.05, 3.63) is 103 Å². The molecule has 0 saturated heterocycles. The van der Waals surface area contributed by atoms with E-state index in [4.69, 9.17) is 0 Å². The topological polar surface area (TPSA) is 47.2 Å². The molecule has 4 rings (SSSR count). The summed E-state index contributed by atoms with van der Waals surface area (Å²) in [5.41, 5.74) is 4.55. The molecule has 0 bridgehead atoms. The highest BCUT2D eigenvalue weighted by molar-refractivity contribution is 5.25. The third-order valence-corrected chi connectivity index (χ3v) is 5.49. The van der Waals surface area contributed by atoms with Crippen LogP contribution in [0.3, 0.4) is 0 Å². The van der Waals surface area contributed by atoms with Crippen molar-refractivity contribution in [1.29, 1.82) is 0 Å². The number of hydrogen-bond acceptors (Lipinski definition) is 3. The largest absolute Gasteiger partial charge is 0.331 e. The number of fused-ring (bicyclic) bond motifs is 1. The van der Waals surface area contributed by atoms with Crippen LogP contribution in [0.15, 0.2) is 64.2 Å². The van der Waals surface area contributed by atoms with Crippen LogP contribution in [-0.2, 0) is 33.1 Å². The highest BCUT2D eigenvalue weighted by Gasteiger charge is 2.24. The Morgan fingerprint density at radius 2 is 1.68 bits per heavy atom. The molecule has 1 aliphatic rings. The predicted octanol–water partition coefficient (Wildman–Crippen LogP) is 2.46. The van der Waals surface area contributed by atoms with E-state index in [2.05, 4.69) is 17.0 Å². The van der Waals surface area contributed by atoms with Crippen molar-refractivity contribution < 1.29 is 0 Å². The quantitative estimate of drug-likeness (QED) is 0.704. The lowest BCUT2D eigenvalue weighted by atomic mass is 10.1. The van der Waals surface area contributed by atoms with Gasteiger partial charge in [0.25, 0.3) is 5.56 Å². The van der Waals surface area contributed by atoms with E-state index in [0.717, 1.165) is 35.5 Å². The Hall–Kier alpha value is -2.92. The molecule has 2 heterocycles. The average Bonchev–Trinajstić information content (AvgIpc) is 2.70. The van der Waals surface area contributed by atoms with Gasteiger partial charge in [0.15, 0.2) is 0 Å². The maximum atomic E-state index is 13.2. The van der Waals surface area contributed by atoms with Crippen molar-refractivity contribution in [3.8, 4) is 0 Å². The maximum Gasteiger partial charge on any atom is 0.331 e. The van der Waals surface area contributed by atoms with Gasteiger partial charge in [-0.3, -0.25) is 14.3 Å². The predicted molar refractivity (Wildman–Crippen MR) is 110 cm³/mol. The first-order valence-corrected chi connectivity index (χ1v) is 9.66. The van der Waals surface area contributed by atoms with E-state index < -0.39 is 0 Å². The van der Waals surface area contributed by atoms with Gasteiger partial charge in [0.2, 0.25) is 0 Å². The van der Waals surface area contributed by atoms with E-state index in [9.17, 15) is 9.59 Å². The number of aromatic nitrogens is 2. The van der Waals surface area contributed by atoms with E-state index in [-0.39, 0.29) is 11.2 Å². The summed E-state index contributed by atoms with van der Waals surface area (Å²) in [6.45, 7) is 4.54. The van der Waals surface area contributed by atoms with Gasteiger partial charge in [0, 0.05) is 38.8 Å². The molecule has 3 aromatic rings. The van der Waals surface area contributed by atoms with Crippen molar-refractivity contribution in [3.63, 3.8) is 0 Å². The molecule has 1 aromatic heterocycles. The maximum absolute atomic E-state index is 13.2. The summed E-state index contributed by atoms with van der Waals surface area (Å²) < 4.78 is 3.03. The lowest BCUT2D eigenvalue weighted by Gasteiger charge is -2.30. The van der Waals surface area contributed by atoms with Crippen molar-refractivity contribution in [1.82, 2.24) is 14.0 Å². The third-order valence-electron chi connectivity index (χ3n) is 5.49. The molecule has 5 heteroatoms. The van der Waals surface area contributed by atoms with Gasteiger partial charge in [0.05, 0.1) is 12.1 Å². The summed E-state index contributed by atoms with van der Waals surface area (Å²) in [6.07, 6.45) is 0.717. The van der Waals surface area contributed by atoms with Gasteiger partial charge in [-0.2, -0.15) is 0 Å². The second-order valence-electron chi connectivity index (χ2n) is 7.59. The van der Waals surface area contributed by atoms with Crippen LogP contribution in [0.4, 0.5) is 0 Å². The van der Waals surface area contributed by atoms with Crippen LogP contribution in [0, 0.1) is 6.92 Å². The summed E-state index contributed by atoms with van der Waals surface area (Å²) in [5, 5.41) is 0. The fraction of sp³-hybridized carbons (Fsp3) is 0.304. The first-order chi connectivity index (χ1) is 13.5. The van der Waals surface area contributed by atoms with E-state index in [1.54, 1.807) is 11.6 Å². The standard InChI is InChI=1S/C23H25N3O2/c1-17-7-6-10-19(13-17)15-26-22(27)20-16-25(14-18-8-4-3-5-9-18)12-11-21(20)24(2)23(26)28/h3-10,13H,11-12,14-16H2,1-2H3. The Bertz CT molecular complexity index is 1110.